The standard InChI is InChI=1S/C28H28F2N2O4S/c29-22-8-2-1-7-20(22)28(34)31(16-19-6-5-14-35-19)17-27(33)32-13-11-26-21(12-15-37-26)24(32)18-36-25-10-4-3-9-23(25)30/h1-4,7-10,12,15,19,24H,5-6,11,13-14,16-18H2/t19-,24-/m1/s1. The molecule has 0 spiro atoms. The first-order valence-corrected chi connectivity index (χ1v) is 13.3. The molecule has 2 atom stereocenters. The topological polar surface area (TPSA) is 59.1 Å². The fraction of sp³-hybridized carbons (Fsp3) is 0.357. The summed E-state index contributed by atoms with van der Waals surface area (Å²) in [6.45, 7) is 1.10. The number of amides is 2. The molecule has 1 fully saturated rings. The van der Waals surface area contributed by atoms with Gasteiger partial charge in [0, 0.05) is 24.6 Å². The molecule has 37 heavy (non-hydrogen) atoms. The smallest absolute Gasteiger partial charge is 0.257 e. The summed E-state index contributed by atoms with van der Waals surface area (Å²) < 4.78 is 40.2. The average molecular weight is 527 g/mol. The molecule has 2 aromatic carbocycles. The minimum absolute atomic E-state index is 0.0728. The lowest BCUT2D eigenvalue weighted by Gasteiger charge is -2.37. The van der Waals surface area contributed by atoms with Gasteiger partial charge in [-0.1, -0.05) is 24.3 Å². The van der Waals surface area contributed by atoms with Gasteiger partial charge >= 0.3 is 0 Å². The fourth-order valence-corrected chi connectivity index (χ4v) is 5.85. The summed E-state index contributed by atoms with van der Waals surface area (Å²) in [6, 6.07) is 13.5. The van der Waals surface area contributed by atoms with Gasteiger partial charge in [-0.2, -0.15) is 0 Å². The molecule has 5 rings (SSSR count). The second-order valence-electron chi connectivity index (χ2n) is 9.19. The number of benzene rings is 2. The lowest BCUT2D eigenvalue weighted by Crippen LogP contribution is -2.49. The third-order valence-corrected chi connectivity index (χ3v) is 7.81. The zero-order valence-electron chi connectivity index (χ0n) is 20.3. The quantitative estimate of drug-likeness (QED) is 0.421. The van der Waals surface area contributed by atoms with Crippen molar-refractivity contribution < 1.29 is 27.8 Å². The van der Waals surface area contributed by atoms with E-state index in [1.807, 2.05) is 11.4 Å². The molecule has 1 saturated heterocycles. The van der Waals surface area contributed by atoms with Gasteiger partial charge in [-0.15, -0.1) is 11.3 Å². The molecule has 3 aromatic rings. The van der Waals surface area contributed by atoms with Crippen LogP contribution in [0.15, 0.2) is 60.0 Å². The first kappa shape index (κ1) is 25.4. The van der Waals surface area contributed by atoms with E-state index in [0.29, 0.717) is 19.6 Å². The Kier molecular flexibility index (Phi) is 7.81. The van der Waals surface area contributed by atoms with E-state index in [0.717, 1.165) is 23.3 Å². The number of para-hydroxylation sites is 1. The third kappa shape index (κ3) is 5.67. The van der Waals surface area contributed by atoms with Crippen molar-refractivity contribution in [3.63, 3.8) is 0 Å². The molecule has 1 aromatic heterocycles. The molecule has 2 aliphatic rings. The second-order valence-corrected chi connectivity index (χ2v) is 10.2. The SMILES string of the molecule is O=C(c1ccccc1F)N(CC(=O)N1CCc2sccc2[C@H]1COc1ccccc1F)C[C@H]1CCCO1. The van der Waals surface area contributed by atoms with Crippen LogP contribution in [-0.4, -0.2) is 60.6 Å². The zero-order chi connectivity index (χ0) is 25.8. The summed E-state index contributed by atoms with van der Waals surface area (Å²) in [5.74, 6) is -1.81. The van der Waals surface area contributed by atoms with E-state index < -0.39 is 23.6 Å². The van der Waals surface area contributed by atoms with Crippen molar-refractivity contribution in [2.45, 2.75) is 31.4 Å². The maximum atomic E-state index is 14.5. The van der Waals surface area contributed by atoms with Crippen molar-refractivity contribution in [1.29, 1.82) is 0 Å². The summed E-state index contributed by atoms with van der Waals surface area (Å²) in [7, 11) is 0. The lowest BCUT2D eigenvalue weighted by molar-refractivity contribution is -0.135. The Morgan fingerprint density at radius 3 is 2.62 bits per heavy atom. The van der Waals surface area contributed by atoms with E-state index in [1.165, 1.54) is 29.2 Å². The highest BCUT2D eigenvalue weighted by atomic mass is 32.1. The fourth-order valence-electron chi connectivity index (χ4n) is 4.92. The van der Waals surface area contributed by atoms with E-state index in [2.05, 4.69) is 0 Å². The molecule has 2 aliphatic heterocycles. The van der Waals surface area contributed by atoms with Crippen molar-refractivity contribution in [3.8, 4) is 5.75 Å². The van der Waals surface area contributed by atoms with Crippen LogP contribution in [0.25, 0.3) is 0 Å². The minimum atomic E-state index is -0.630. The van der Waals surface area contributed by atoms with E-state index >= 15 is 0 Å². The molecule has 0 saturated carbocycles. The molecular weight excluding hydrogens is 498 g/mol. The molecule has 0 aliphatic carbocycles. The molecule has 9 heteroatoms. The second kappa shape index (κ2) is 11.4. The van der Waals surface area contributed by atoms with Gasteiger partial charge in [-0.3, -0.25) is 9.59 Å². The molecule has 6 nitrogen and oxygen atoms in total. The lowest BCUT2D eigenvalue weighted by atomic mass is 10.00. The van der Waals surface area contributed by atoms with Crippen molar-refractivity contribution in [1.82, 2.24) is 9.80 Å². The highest BCUT2D eigenvalue weighted by Gasteiger charge is 2.35. The number of carbonyl (C=O) groups is 2. The maximum absolute atomic E-state index is 14.5. The monoisotopic (exact) mass is 526 g/mol. The van der Waals surface area contributed by atoms with Crippen molar-refractivity contribution in [2.75, 3.05) is 32.8 Å². The number of carbonyl (C=O) groups excluding carboxylic acids is 2. The van der Waals surface area contributed by atoms with E-state index in [1.54, 1.807) is 40.5 Å². The van der Waals surface area contributed by atoms with E-state index in [-0.39, 0.29) is 43.0 Å². The molecule has 2 amide bonds. The largest absolute Gasteiger partial charge is 0.488 e. The molecule has 0 unspecified atom stereocenters. The van der Waals surface area contributed by atoms with Gasteiger partial charge in [0.25, 0.3) is 5.91 Å². The van der Waals surface area contributed by atoms with Crippen LogP contribution in [-0.2, 0) is 16.0 Å². The Labute approximate surface area is 218 Å². The maximum Gasteiger partial charge on any atom is 0.257 e. The number of nitrogens with zero attached hydrogens (tertiary/aromatic N) is 2. The van der Waals surface area contributed by atoms with Crippen molar-refractivity contribution in [3.05, 3.63) is 87.6 Å². The van der Waals surface area contributed by atoms with Gasteiger partial charge in [-0.05, 0) is 60.5 Å². The number of thiophene rings is 1. The summed E-state index contributed by atoms with van der Waals surface area (Å²) in [4.78, 5) is 31.3. The van der Waals surface area contributed by atoms with Crippen molar-refractivity contribution >= 4 is 23.2 Å². The Bertz CT molecular complexity index is 1260. The van der Waals surface area contributed by atoms with Crippen LogP contribution in [0.3, 0.4) is 0 Å². The molecular formula is C28H28F2N2O4S. The Morgan fingerprint density at radius 1 is 1.08 bits per heavy atom. The van der Waals surface area contributed by atoms with Crippen LogP contribution in [0.2, 0.25) is 0 Å². The first-order valence-electron chi connectivity index (χ1n) is 12.4. The summed E-state index contributed by atoms with van der Waals surface area (Å²) in [5.41, 5.74) is 0.888. The Hall–Kier alpha value is -3.30. The van der Waals surface area contributed by atoms with Gasteiger partial charge in [0.05, 0.1) is 17.7 Å². The van der Waals surface area contributed by atoms with Gasteiger partial charge < -0.3 is 19.3 Å². The van der Waals surface area contributed by atoms with Gasteiger partial charge in [0.1, 0.15) is 19.0 Å². The predicted octanol–water partition coefficient (Wildman–Crippen LogP) is 4.85. The van der Waals surface area contributed by atoms with Gasteiger partial charge in [0.15, 0.2) is 11.6 Å². The normalized spacial score (nSPS) is 18.9. The van der Waals surface area contributed by atoms with Crippen LogP contribution >= 0.6 is 11.3 Å². The van der Waals surface area contributed by atoms with Crippen molar-refractivity contribution in [2.24, 2.45) is 0 Å². The van der Waals surface area contributed by atoms with Crippen LogP contribution in [0.1, 0.15) is 39.7 Å². The zero-order valence-corrected chi connectivity index (χ0v) is 21.1. The number of ether oxygens (including phenoxy) is 2. The van der Waals surface area contributed by atoms with Gasteiger partial charge in [0.2, 0.25) is 5.91 Å². The molecule has 194 valence electrons. The summed E-state index contributed by atoms with van der Waals surface area (Å²) >= 11 is 1.62. The summed E-state index contributed by atoms with van der Waals surface area (Å²) in [6.07, 6.45) is 2.13. The van der Waals surface area contributed by atoms with E-state index in [4.69, 9.17) is 9.47 Å². The van der Waals surface area contributed by atoms with Gasteiger partial charge in [-0.25, -0.2) is 8.78 Å². The summed E-state index contributed by atoms with van der Waals surface area (Å²) in [5, 5.41) is 1.97. The molecule has 0 bridgehead atoms. The number of halogens is 2. The average Bonchev–Trinajstić information content (AvgIpc) is 3.60. The number of hydrogen-bond acceptors (Lipinski definition) is 5. The molecule has 0 N–H and O–H groups in total. The Morgan fingerprint density at radius 2 is 1.86 bits per heavy atom. The molecule has 3 heterocycles. The number of fused-ring (bicyclic) bond motifs is 1. The van der Waals surface area contributed by atoms with Crippen LogP contribution < -0.4 is 4.74 Å². The molecule has 0 radical (unpaired) electrons. The van der Waals surface area contributed by atoms with Crippen LogP contribution in [0, 0.1) is 11.6 Å². The minimum Gasteiger partial charge on any atom is -0.488 e. The van der Waals surface area contributed by atoms with Crippen LogP contribution in [0.5, 0.6) is 5.75 Å². The predicted molar refractivity (Wildman–Crippen MR) is 136 cm³/mol. The first-order chi connectivity index (χ1) is 18.0. The third-order valence-electron chi connectivity index (χ3n) is 6.81. The highest BCUT2D eigenvalue weighted by Crippen LogP contribution is 2.34. The van der Waals surface area contributed by atoms with Crippen LogP contribution in [0.4, 0.5) is 8.78 Å². The van der Waals surface area contributed by atoms with E-state index in [9.17, 15) is 18.4 Å². The number of rotatable bonds is 8. The number of hydrogen-bond donors (Lipinski definition) is 0. The highest BCUT2D eigenvalue weighted by molar-refractivity contribution is 7.10. The Balaban J connectivity index is 1.37.